The summed E-state index contributed by atoms with van der Waals surface area (Å²) in [6, 6.07) is 7.90. The maximum atomic E-state index is 12.9. The van der Waals surface area contributed by atoms with Crippen LogP contribution in [0.3, 0.4) is 0 Å². The Morgan fingerprint density at radius 2 is 2.00 bits per heavy atom. The summed E-state index contributed by atoms with van der Waals surface area (Å²) in [4.78, 5) is 12.3. The third kappa shape index (κ3) is 2.12. The number of aromatic nitrogens is 2. The van der Waals surface area contributed by atoms with Gasteiger partial charge in [0.2, 0.25) is 5.91 Å². The summed E-state index contributed by atoms with van der Waals surface area (Å²) in [5.74, 6) is 0.184. The van der Waals surface area contributed by atoms with E-state index in [-0.39, 0.29) is 11.7 Å². The summed E-state index contributed by atoms with van der Waals surface area (Å²) in [7, 11) is 1.79. The van der Waals surface area contributed by atoms with Crippen molar-refractivity contribution < 1.29 is 9.18 Å². The van der Waals surface area contributed by atoms with Crippen molar-refractivity contribution in [3.63, 3.8) is 0 Å². The van der Waals surface area contributed by atoms with Crippen LogP contribution in [0.5, 0.6) is 0 Å². The van der Waals surface area contributed by atoms with Crippen LogP contribution in [0.15, 0.2) is 36.5 Å². The van der Waals surface area contributed by atoms with Crippen LogP contribution >= 0.6 is 0 Å². The van der Waals surface area contributed by atoms with Crippen LogP contribution in [0.1, 0.15) is 18.4 Å². The summed E-state index contributed by atoms with van der Waals surface area (Å²) in [6.45, 7) is 0. The number of nitrogens with zero attached hydrogens (tertiary/aromatic N) is 2. The van der Waals surface area contributed by atoms with E-state index in [9.17, 15) is 9.18 Å². The first-order valence-corrected chi connectivity index (χ1v) is 6.17. The Morgan fingerprint density at radius 1 is 1.32 bits per heavy atom. The average molecular weight is 259 g/mol. The van der Waals surface area contributed by atoms with Gasteiger partial charge in [-0.15, -0.1) is 0 Å². The second kappa shape index (κ2) is 4.19. The molecule has 0 spiro atoms. The number of nitrogens with one attached hydrogen (secondary N) is 1. The molecule has 0 radical (unpaired) electrons. The van der Waals surface area contributed by atoms with Crippen molar-refractivity contribution >= 4 is 11.7 Å². The molecule has 0 saturated heterocycles. The highest BCUT2D eigenvalue weighted by atomic mass is 19.1. The first kappa shape index (κ1) is 11.9. The number of rotatable bonds is 3. The van der Waals surface area contributed by atoms with Crippen molar-refractivity contribution in [3.8, 4) is 0 Å². The lowest BCUT2D eigenvalue weighted by Gasteiger charge is -2.14. The molecule has 98 valence electrons. The molecule has 0 unspecified atom stereocenters. The molecule has 0 aliphatic heterocycles. The summed E-state index contributed by atoms with van der Waals surface area (Å²) in [6.07, 6.45) is 3.35. The molecule has 1 N–H and O–H groups in total. The summed E-state index contributed by atoms with van der Waals surface area (Å²) < 4.78 is 14.6. The highest BCUT2D eigenvalue weighted by molar-refractivity contribution is 6.00. The van der Waals surface area contributed by atoms with Gasteiger partial charge in [-0.05, 0) is 30.5 Å². The number of hydrogen-bond donors (Lipinski definition) is 1. The number of anilines is 1. The largest absolute Gasteiger partial charge is 0.308 e. The molecule has 1 aromatic heterocycles. The van der Waals surface area contributed by atoms with Gasteiger partial charge in [-0.3, -0.25) is 9.48 Å². The van der Waals surface area contributed by atoms with Crippen molar-refractivity contribution in [1.29, 1.82) is 0 Å². The molecule has 1 saturated carbocycles. The van der Waals surface area contributed by atoms with E-state index in [0.717, 1.165) is 18.4 Å². The lowest BCUT2D eigenvalue weighted by molar-refractivity contribution is -0.118. The van der Waals surface area contributed by atoms with E-state index in [0.29, 0.717) is 5.82 Å². The van der Waals surface area contributed by atoms with Gasteiger partial charge >= 0.3 is 0 Å². The number of halogens is 1. The van der Waals surface area contributed by atoms with Gasteiger partial charge in [0.05, 0.1) is 5.41 Å². The number of aryl methyl sites for hydroxylation is 1. The molecule has 3 rings (SSSR count). The van der Waals surface area contributed by atoms with Crippen LogP contribution in [0.2, 0.25) is 0 Å². The normalized spacial score (nSPS) is 16.1. The highest BCUT2D eigenvalue weighted by Gasteiger charge is 2.51. The van der Waals surface area contributed by atoms with E-state index in [4.69, 9.17) is 0 Å². The molecule has 1 aromatic carbocycles. The number of benzene rings is 1. The Morgan fingerprint density at radius 3 is 2.53 bits per heavy atom. The molecule has 5 heteroatoms. The van der Waals surface area contributed by atoms with Gasteiger partial charge in [0, 0.05) is 19.3 Å². The average Bonchev–Trinajstić information content (AvgIpc) is 3.10. The van der Waals surface area contributed by atoms with E-state index in [2.05, 4.69) is 10.4 Å². The highest BCUT2D eigenvalue weighted by Crippen LogP contribution is 2.48. The number of amides is 1. The molecule has 0 bridgehead atoms. The Balaban J connectivity index is 1.81. The van der Waals surface area contributed by atoms with E-state index in [1.165, 1.54) is 12.1 Å². The molecule has 1 aliphatic rings. The minimum atomic E-state index is -0.509. The fourth-order valence-electron chi connectivity index (χ4n) is 2.26. The Hall–Kier alpha value is -2.17. The smallest absolute Gasteiger partial charge is 0.236 e. The summed E-state index contributed by atoms with van der Waals surface area (Å²) >= 11 is 0. The molecule has 2 aromatic rings. The van der Waals surface area contributed by atoms with Crippen LogP contribution in [-0.2, 0) is 17.3 Å². The van der Waals surface area contributed by atoms with Crippen LogP contribution in [0.4, 0.5) is 10.2 Å². The Kier molecular flexibility index (Phi) is 2.62. The van der Waals surface area contributed by atoms with E-state index < -0.39 is 5.41 Å². The van der Waals surface area contributed by atoms with Gasteiger partial charge in [-0.25, -0.2) is 4.39 Å². The standard InChI is InChI=1S/C14H14FN3O/c1-18-9-6-12(17-18)16-13(19)14(7-8-14)10-2-4-11(15)5-3-10/h2-6,9H,7-8H2,1H3,(H,16,17,19). The molecule has 19 heavy (non-hydrogen) atoms. The van der Waals surface area contributed by atoms with Crippen LogP contribution in [-0.4, -0.2) is 15.7 Å². The third-order valence-electron chi connectivity index (χ3n) is 3.54. The molecule has 1 heterocycles. The maximum Gasteiger partial charge on any atom is 0.236 e. The van der Waals surface area contributed by atoms with Gasteiger partial charge < -0.3 is 5.32 Å². The zero-order chi connectivity index (χ0) is 13.5. The van der Waals surface area contributed by atoms with Crippen LogP contribution in [0.25, 0.3) is 0 Å². The monoisotopic (exact) mass is 259 g/mol. The van der Waals surface area contributed by atoms with Crippen LogP contribution in [0, 0.1) is 5.82 Å². The minimum Gasteiger partial charge on any atom is -0.308 e. The fourth-order valence-corrected chi connectivity index (χ4v) is 2.26. The quantitative estimate of drug-likeness (QED) is 0.918. The predicted octanol–water partition coefficient (Wildman–Crippen LogP) is 2.23. The van der Waals surface area contributed by atoms with Gasteiger partial charge in [0.15, 0.2) is 5.82 Å². The molecule has 4 nitrogen and oxygen atoms in total. The number of carbonyl (C=O) groups excluding carboxylic acids is 1. The summed E-state index contributed by atoms with van der Waals surface area (Å²) in [5, 5.41) is 6.94. The fraction of sp³-hybridized carbons (Fsp3) is 0.286. The van der Waals surface area contributed by atoms with Crippen molar-refractivity contribution in [1.82, 2.24) is 9.78 Å². The molecule has 0 atom stereocenters. The molecule has 1 aliphatic carbocycles. The van der Waals surface area contributed by atoms with Gasteiger partial charge in [0.1, 0.15) is 5.82 Å². The lowest BCUT2D eigenvalue weighted by Crippen LogP contribution is -2.28. The van der Waals surface area contributed by atoms with E-state index >= 15 is 0 Å². The van der Waals surface area contributed by atoms with Crippen LogP contribution < -0.4 is 5.32 Å². The zero-order valence-electron chi connectivity index (χ0n) is 10.6. The van der Waals surface area contributed by atoms with Crippen molar-refractivity contribution in [2.24, 2.45) is 7.05 Å². The number of hydrogen-bond acceptors (Lipinski definition) is 2. The maximum absolute atomic E-state index is 12.9. The second-order valence-corrected chi connectivity index (χ2v) is 4.92. The Bertz CT molecular complexity index is 614. The predicted molar refractivity (Wildman–Crippen MR) is 69.1 cm³/mol. The third-order valence-corrected chi connectivity index (χ3v) is 3.54. The van der Waals surface area contributed by atoms with Gasteiger partial charge in [-0.2, -0.15) is 5.10 Å². The molecule has 1 fully saturated rings. The van der Waals surface area contributed by atoms with Crippen molar-refractivity contribution in [2.45, 2.75) is 18.3 Å². The van der Waals surface area contributed by atoms with E-state index in [1.54, 1.807) is 36.1 Å². The van der Waals surface area contributed by atoms with Gasteiger partial charge in [0.25, 0.3) is 0 Å². The second-order valence-electron chi connectivity index (χ2n) is 4.92. The lowest BCUT2D eigenvalue weighted by atomic mass is 9.95. The topological polar surface area (TPSA) is 46.9 Å². The van der Waals surface area contributed by atoms with E-state index in [1.807, 2.05) is 0 Å². The first-order chi connectivity index (χ1) is 9.10. The number of carbonyl (C=O) groups is 1. The minimum absolute atomic E-state index is 0.0715. The zero-order valence-corrected chi connectivity index (χ0v) is 10.6. The molecule has 1 amide bonds. The van der Waals surface area contributed by atoms with Gasteiger partial charge in [-0.1, -0.05) is 12.1 Å². The molecular formula is C14H14FN3O. The molecular weight excluding hydrogens is 245 g/mol. The summed E-state index contributed by atoms with van der Waals surface area (Å²) in [5.41, 5.74) is 0.355. The van der Waals surface area contributed by atoms with Crippen molar-refractivity contribution in [3.05, 3.63) is 47.9 Å². The SMILES string of the molecule is Cn1ccc(NC(=O)C2(c3ccc(F)cc3)CC2)n1. The first-order valence-electron chi connectivity index (χ1n) is 6.17. The Labute approximate surface area is 110 Å². The van der Waals surface area contributed by atoms with Crippen molar-refractivity contribution in [2.75, 3.05) is 5.32 Å².